The summed E-state index contributed by atoms with van der Waals surface area (Å²) in [6, 6.07) is 8.05. The molecule has 0 radical (unpaired) electrons. The van der Waals surface area contributed by atoms with Crippen LogP contribution in [0.4, 0.5) is 14.9 Å². The summed E-state index contributed by atoms with van der Waals surface area (Å²) in [7, 11) is 0. The SMILES string of the molecule is Cc1cc(F)cc(Oc2ccc([N+](=O)[O-])c(CNC(=O)O)c2)c1. The van der Waals surface area contributed by atoms with Crippen molar-refractivity contribution in [1.29, 1.82) is 0 Å². The number of nitrogens with zero attached hydrogens (tertiary/aromatic N) is 1. The van der Waals surface area contributed by atoms with Gasteiger partial charge in [0.15, 0.2) is 0 Å². The van der Waals surface area contributed by atoms with Crippen LogP contribution in [-0.4, -0.2) is 16.1 Å². The van der Waals surface area contributed by atoms with Crippen molar-refractivity contribution in [3.8, 4) is 11.5 Å². The quantitative estimate of drug-likeness (QED) is 0.647. The van der Waals surface area contributed by atoms with Crippen LogP contribution in [-0.2, 0) is 6.54 Å². The molecule has 2 N–H and O–H groups in total. The number of ether oxygens (including phenoxy) is 1. The summed E-state index contributed by atoms with van der Waals surface area (Å²) in [6.07, 6.45) is -1.30. The maximum absolute atomic E-state index is 13.3. The minimum Gasteiger partial charge on any atom is -0.465 e. The largest absolute Gasteiger partial charge is 0.465 e. The average molecular weight is 320 g/mol. The normalized spacial score (nSPS) is 10.2. The minimum atomic E-state index is -1.30. The predicted molar refractivity (Wildman–Crippen MR) is 79.2 cm³/mol. The second-order valence-corrected chi connectivity index (χ2v) is 4.77. The van der Waals surface area contributed by atoms with Gasteiger partial charge in [-0.15, -0.1) is 0 Å². The summed E-state index contributed by atoms with van der Waals surface area (Å²) in [5.74, 6) is 0.0194. The van der Waals surface area contributed by atoms with Gasteiger partial charge in [0.25, 0.3) is 5.69 Å². The third kappa shape index (κ3) is 4.40. The van der Waals surface area contributed by atoms with Crippen molar-refractivity contribution in [3.05, 3.63) is 63.5 Å². The molecule has 0 heterocycles. The Balaban J connectivity index is 2.30. The number of halogens is 1. The fraction of sp³-hybridized carbons (Fsp3) is 0.133. The molecule has 0 aromatic heterocycles. The Morgan fingerprint density at radius 3 is 2.65 bits per heavy atom. The van der Waals surface area contributed by atoms with E-state index in [0.29, 0.717) is 5.56 Å². The zero-order chi connectivity index (χ0) is 17.0. The van der Waals surface area contributed by atoms with Crippen molar-refractivity contribution in [1.82, 2.24) is 5.32 Å². The molecule has 8 heteroatoms. The summed E-state index contributed by atoms with van der Waals surface area (Å²) in [4.78, 5) is 20.9. The zero-order valence-electron chi connectivity index (χ0n) is 12.1. The number of nitrogens with one attached hydrogen (secondary N) is 1. The van der Waals surface area contributed by atoms with Crippen LogP contribution in [0.3, 0.4) is 0 Å². The Labute approximate surface area is 130 Å². The summed E-state index contributed by atoms with van der Waals surface area (Å²) in [6.45, 7) is 1.46. The maximum atomic E-state index is 13.3. The molecule has 2 aromatic rings. The number of amides is 1. The molecule has 0 spiro atoms. The average Bonchev–Trinajstić information content (AvgIpc) is 2.43. The van der Waals surface area contributed by atoms with E-state index < -0.39 is 16.8 Å². The van der Waals surface area contributed by atoms with Crippen LogP contribution in [0.5, 0.6) is 11.5 Å². The van der Waals surface area contributed by atoms with E-state index in [0.717, 1.165) is 0 Å². The molecule has 0 aliphatic heterocycles. The molecule has 0 saturated heterocycles. The van der Waals surface area contributed by atoms with E-state index in [1.165, 1.54) is 30.3 Å². The number of carbonyl (C=O) groups is 1. The smallest absolute Gasteiger partial charge is 0.404 e. The fourth-order valence-electron chi connectivity index (χ4n) is 2.01. The summed E-state index contributed by atoms with van der Waals surface area (Å²) in [5.41, 5.74) is 0.569. The maximum Gasteiger partial charge on any atom is 0.404 e. The summed E-state index contributed by atoms with van der Waals surface area (Å²) in [5, 5.41) is 21.6. The molecule has 0 aliphatic carbocycles. The lowest BCUT2D eigenvalue weighted by Crippen LogP contribution is -2.20. The van der Waals surface area contributed by atoms with Gasteiger partial charge in [-0.2, -0.15) is 0 Å². The van der Waals surface area contributed by atoms with Gasteiger partial charge in [0.1, 0.15) is 17.3 Å². The third-order valence-corrected chi connectivity index (χ3v) is 2.93. The number of nitro groups is 1. The van der Waals surface area contributed by atoms with Crippen molar-refractivity contribution >= 4 is 11.8 Å². The molecule has 2 aromatic carbocycles. The van der Waals surface area contributed by atoms with Crippen LogP contribution in [0.2, 0.25) is 0 Å². The Morgan fingerprint density at radius 1 is 1.30 bits per heavy atom. The minimum absolute atomic E-state index is 0.142. The number of aryl methyl sites for hydroxylation is 1. The lowest BCUT2D eigenvalue weighted by molar-refractivity contribution is -0.385. The van der Waals surface area contributed by atoms with Crippen molar-refractivity contribution in [2.75, 3.05) is 0 Å². The number of carboxylic acid groups (broad SMARTS) is 1. The van der Waals surface area contributed by atoms with Crippen LogP contribution in [0.25, 0.3) is 0 Å². The van der Waals surface area contributed by atoms with Gasteiger partial charge in [0.2, 0.25) is 0 Å². The van der Waals surface area contributed by atoms with Crippen molar-refractivity contribution in [2.24, 2.45) is 0 Å². The van der Waals surface area contributed by atoms with Gasteiger partial charge in [0.05, 0.1) is 17.0 Å². The Morgan fingerprint density at radius 2 is 2.04 bits per heavy atom. The standard InChI is InChI=1S/C15H13FN2O5/c1-9-4-11(16)7-13(5-9)23-12-2-3-14(18(21)22)10(6-12)8-17-15(19)20/h2-7,17H,8H2,1H3,(H,19,20). The molecule has 0 fully saturated rings. The first-order chi connectivity index (χ1) is 10.8. The van der Waals surface area contributed by atoms with Crippen LogP contribution >= 0.6 is 0 Å². The molecule has 7 nitrogen and oxygen atoms in total. The van der Waals surface area contributed by atoms with E-state index in [2.05, 4.69) is 5.32 Å². The molecule has 0 saturated carbocycles. The van der Waals surface area contributed by atoms with Gasteiger partial charge in [-0.1, -0.05) is 0 Å². The second-order valence-electron chi connectivity index (χ2n) is 4.77. The number of hydrogen-bond donors (Lipinski definition) is 2. The van der Waals surface area contributed by atoms with Crippen molar-refractivity contribution < 1.29 is 24.0 Å². The van der Waals surface area contributed by atoms with Crippen molar-refractivity contribution in [2.45, 2.75) is 13.5 Å². The first-order valence-electron chi connectivity index (χ1n) is 6.54. The molecule has 23 heavy (non-hydrogen) atoms. The highest BCUT2D eigenvalue weighted by Gasteiger charge is 2.15. The molecule has 0 aliphatic rings. The predicted octanol–water partition coefficient (Wildman–Crippen LogP) is 3.60. The monoisotopic (exact) mass is 320 g/mol. The van der Waals surface area contributed by atoms with E-state index in [1.54, 1.807) is 13.0 Å². The zero-order valence-corrected chi connectivity index (χ0v) is 12.1. The van der Waals surface area contributed by atoms with Gasteiger partial charge < -0.3 is 15.2 Å². The first kappa shape index (κ1) is 16.2. The topological polar surface area (TPSA) is 102 Å². The van der Waals surface area contributed by atoms with Gasteiger partial charge in [0, 0.05) is 12.1 Å². The molecule has 0 atom stereocenters. The van der Waals surface area contributed by atoms with Crippen molar-refractivity contribution in [3.63, 3.8) is 0 Å². The van der Waals surface area contributed by atoms with E-state index in [4.69, 9.17) is 9.84 Å². The molecular formula is C15H13FN2O5. The lowest BCUT2D eigenvalue weighted by atomic mass is 10.1. The van der Waals surface area contributed by atoms with Gasteiger partial charge in [-0.3, -0.25) is 10.1 Å². The first-order valence-corrected chi connectivity index (χ1v) is 6.54. The van der Waals surface area contributed by atoms with Crippen LogP contribution < -0.4 is 10.1 Å². The molecule has 0 bridgehead atoms. The highest BCUT2D eigenvalue weighted by Crippen LogP contribution is 2.28. The van der Waals surface area contributed by atoms with Gasteiger partial charge >= 0.3 is 6.09 Å². The molecule has 1 amide bonds. The fourth-order valence-corrected chi connectivity index (χ4v) is 2.01. The molecule has 120 valence electrons. The third-order valence-electron chi connectivity index (χ3n) is 2.93. The Kier molecular flexibility index (Phi) is 4.75. The van der Waals surface area contributed by atoms with E-state index in [-0.39, 0.29) is 29.3 Å². The second kappa shape index (κ2) is 6.73. The molecular weight excluding hydrogens is 307 g/mol. The lowest BCUT2D eigenvalue weighted by Gasteiger charge is -2.09. The Bertz CT molecular complexity index is 743. The number of benzene rings is 2. The van der Waals surface area contributed by atoms with E-state index in [9.17, 15) is 19.3 Å². The molecule has 0 unspecified atom stereocenters. The van der Waals surface area contributed by atoms with Crippen LogP contribution in [0, 0.1) is 22.9 Å². The highest BCUT2D eigenvalue weighted by molar-refractivity contribution is 5.64. The van der Waals surface area contributed by atoms with Gasteiger partial charge in [-0.05, 0) is 36.8 Å². The van der Waals surface area contributed by atoms with E-state index in [1.807, 2.05) is 0 Å². The highest BCUT2D eigenvalue weighted by atomic mass is 19.1. The Hall–Kier alpha value is -3.16. The van der Waals surface area contributed by atoms with Gasteiger partial charge in [-0.25, -0.2) is 9.18 Å². The number of nitro benzene ring substituents is 1. The van der Waals surface area contributed by atoms with E-state index >= 15 is 0 Å². The van der Waals surface area contributed by atoms with Crippen LogP contribution in [0.1, 0.15) is 11.1 Å². The number of rotatable bonds is 5. The molecule has 2 rings (SSSR count). The summed E-state index contributed by atoms with van der Waals surface area (Å²) >= 11 is 0. The summed E-state index contributed by atoms with van der Waals surface area (Å²) < 4.78 is 18.8. The number of hydrogen-bond acceptors (Lipinski definition) is 4. The van der Waals surface area contributed by atoms with Crippen LogP contribution in [0.15, 0.2) is 36.4 Å².